The number of sulfonamides is 1. The van der Waals surface area contributed by atoms with Gasteiger partial charge in [0, 0.05) is 12.6 Å². The van der Waals surface area contributed by atoms with Gasteiger partial charge in [-0.25, -0.2) is 8.42 Å². The zero-order valence-electron chi connectivity index (χ0n) is 10.8. The van der Waals surface area contributed by atoms with Crippen LogP contribution in [0.25, 0.3) is 0 Å². The summed E-state index contributed by atoms with van der Waals surface area (Å²) in [5.74, 6) is 0.268. The molecule has 0 radical (unpaired) electrons. The number of hydrogen-bond acceptors (Lipinski definition) is 3. The van der Waals surface area contributed by atoms with Crippen LogP contribution in [0.5, 0.6) is 0 Å². The van der Waals surface area contributed by atoms with Crippen LogP contribution in [0.15, 0.2) is 0 Å². The predicted molar refractivity (Wildman–Crippen MR) is 66.8 cm³/mol. The number of aliphatic hydroxyl groups excluding tert-OH is 1. The van der Waals surface area contributed by atoms with Gasteiger partial charge in [-0.15, -0.1) is 0 Å². The van der Waals surface area contributed by atoms with Gasteiger partial charge in [-0.3, -0.25) is 0 Å². The molecule has 1 N–H and O–H groups in total. The Morgan fingerprint density at radius 1 is 1.19 bits per heavy atom. The Morgan fingerprint density at radius 3 is 2.00 bits per heavy atom. The molecule has 0 amide bonds. The zero-order valence-corrected chi connectivity index (χ0v) is 11.6. The highest BCUT2D eigenvalue weighted by atomic mass is 32.2. The van der Waals surface area contributed by atoms with E-state index in [2.05, 4.69) is 0 Å². The van der Waals surface area contributed by atoms with Crippen molar-refractivity contribution in [2.45, 2.75) is 46.6 Å². The molecule has 0 aromatic heterocycles. The first kappa shape index (κ1) is 15.9. The van der Waals surface area contributed by atoms with Crippen molar-refractivity contribution in [3.63, 3.8) is 0 Å². The van der Waals surface area contributed by atoms with E-state index in [0.29, 0.717) is 0 Å². The SMILES string of the molecule is CCC(CC)N(CCO)S(=O)(=O)CC(C)C. The fourth-order valence-corrected chi connectivity index (χ4v) is 4.01. The molecule has 0 aromatic rings. The normalized spacial score (nSPS) is 13.0. The van der Waals surface area contributed by atoms with Gasteiger partial charge in [-0.05, 0) is 18.8 Å². The Bertz CT molecular complexity index is 271. The van der Waals surface area contributed by atoms with Crippen molar-refractivity contribution in [1.82, 2.24) is 4.31 Å². The van der Waals surface area contributed by atoms with Crippen molar-refractivity contribution < 1.29 is 13.5 Å². The first-order valence-electron chi connectivity index (χ1n) is 5.99. The summed E-state index contributed by atoms with van der Waals surface area (Å²) >= 11 is 0. The fraction of sp³-hybridized carbons (Fsp3) is 1.00. The van der Waals surface area contributed by atoms with Gasteiger partial charge >= 0.3 is 0 Å². The van der Waals surface area contributed by atoms with Crippen molar-refractivity contribution >= 4 is 10.0 Å². The van der Waals surface area contributed by atoms with E-state index in [9.17, 15) is 8.42 Å². The van der Waals surface area contributed by atoms with Crippen LogP contribution in [0.4, 0.5) is 0 Å². The van der Waals surface area contributed by atoms with Gasteiger partial charge in [0.25, 0.3) is 0 Å². The summed E-state index contributed by atoms with van der Waals surface area (Å²) in [5.41, 5.74) is 0. The lowest BCUT2D eigenvalue weighted by Crippen LogP contribution is -2.43. The summed E-state index contributed by atoms with van der Waals surface area (Å²) in [5, 5.41) is 8.97. The lowest BCUT2D eigenvalue weighted by molar-refractivity contribution is 0.219. The second-order valence-electron chi connectivity index (χ2n) is 4.48. The minimum atomic E-state index is -3.23. The second-order valence-corrected chi connectivity index (χ2v) is 6.44. The lowest BCUT2D eigenvalue weighted by atomic mass is 10.2. The third-order valence-electron chi connectivity index (χ3n) is 2.57. The van der Waals surface area contributed by atoms with Gasteiger partial charge in [0.2, 0.25) is 10.0 Å². The highest BCUT2D eigenvalue weighted by Crippen LogP contribution is 2.15. The molecule has 0 aliphatic rings. The van der Waals surface area contributed by atoms with Crippen molar-refractivity contribution in [2.75, 3.05) is 18.9 Å². The number of nitrogens with zero attached hydrogens (tertiary/aromatic N) is 1. The summed E-state index contributed by atoms with van der Waals surface area (Å²) in [6.07, 6.45) is 1.57. The maximum absolute atomic E-state index is 12.1. The van der Waals surface area contributed by atoms with E-state index in [-0.39, 0.29) is 30.9 Å². The van der Waals surface area contributed by atoms with Gasteiger partial charge < -0.3 is 5.11 Å². The maximum atomic E-state index is 12.1. The van der Waals surface area contributed by atoms with E-state index < -0.39 is 10.0 Å². The number of aliphatic hydroxyl groups is 1. The molecule has 16 heavy (non-hydrogen) atoms. The topological polar surface area (TPSA) is 57.6 Å². The monoisotopic (exact) mass is 251 g/mol. The van der Waals surface area contributed by atoms with Crippen LogP contribution in [0.2, 0.25) is 0 Å². The molecule has 0 rings (SSSR count). The molecule has 0 spiro atoms. The van der Waals surface area contributed by atoms with Crippen molar-refractivity contribution in [3.8, 4) is 0 Å². The molecular weight excluding hydrogens is 226 g/mol. The molecule has 5 heteroatoms. The van der Waals surface area contributed by atoms with Crippen LogP contribution >= 0.6 is 0 Å². The Morgan fingerprint density at radius 2 is 1.69 bits per heavy atom. The van der Waals surface area contributed by atoms with E-state index >= 15 is 0 Å². The van der Waals surface area contributed by atoms with Crippen LogP contribution in [0, 0.1) is 5.92 Å². The molecule has 0 bridgehead atoms. The van der Waals surface area contributed by atoms with Gasteiger partial charge in [-0.1, -0.05) is 27.7 Å². The molecule has 0 unspecified atom stereocenters. The maximum Gasteiger partial charge on any atom is 0.214 e. The van der Waals surface area contributed by atoms with E-state index in [1.807, 2.05) is 27.7 Å². The van der Waals surface area contributed by atoms with Crippen LogP contribution in [-0.2, 0) is 10.0 Å². The average Bonchev–Trinajstić information content (AvgIpc) is 2.16. The van der Waals surface area contributed by atoms with Gasteiger partial charge in [0.05, 0.1) is 12.4 Å². The van der Waals surface area contributed by atoms with Gasteiger partial charge in [0.1, 0.15) is 0 Å². The number of hydrogen-bond donors (Lipinski definition) is 1. The lowest BCUT2D eigenvalue weighted by Gasteiger charge is -2.29. The zero-order chi connectivity index (χ0) is 12.8. The second kappa shape index (κ2) is 7.25. The predicted octanol–water partition coefficient (Wildman–Crippen LogP) is 1.46. The highest BCUT2D eigenvalue weighted by molar-refractivity contribution is 7.89. The largest absolute Gasteiger partial charge is 0.395 e. The minimum Gasteiger partial charge on any atom is -0.395 e. The first-order chi connectivity index (χ1) is 7.38. The molecule has 0 aliphatic carbocycles. The van der Waals surface area contributed by atoms with E-state index in [1.54, 1.807) is 0 Å². The molecule has 0 saturated heterocycles. The standard InChI is InChI=1S/C11H25NO3S/c1-5-11(6-2)12(7-8-13)16(14,15)9-10(3)4/h10-11,13H,5-9H2,1-4H3. The fourth-order valence-electron chi connectivity index (χ4n) is 1.86. The van der Waals surface area contributed by atoms with E-state index in [4.69, 9.17) is 5.11 Å². The van der Waals surface area contributed by atoms with Crippen molar-refractivity contribution in [3.05, 3.63) is 0 Å². The average molecular weight is 251 g/mol. The Hall–Kier alpha value is -0.130. The molecule has 0 saturated carbocycles. The third-order valence-corrected chi connectivity index (χ3v) is 4.85. The van der Waals surface area contributed by atoms with Crippen molar-refractivity contribution in [1.29, 1.82) is 0 Å². The summed E-state index contributed by atoms with van der Waals surface area (Å²) in [6.45, 7) is 7.82. The van der Waals surface area contributed by atoms with E-state index in [0.717, 1.165) is 12.8 Å². The summed E-state index contributed by atoms with van der Waals surface area (Å²) in [7, 11) is -3.23. The van der Waals surface area contributed by atoms with Crippen LogP contribution in [0.3, 0.4) is 0 Å². The molecule has 0 aliphatic heterocycles. The Balaban J connectivity index is 4.88. The van der Waals surface area contributed by atoms with Crippen molar-refractivity contribution in [2.24, 2.45) is 5.92 Å². The molecule has 4 nitrogen and oxygen atoms in total. The quantitative estimate of drug-likeness (QED) is 0.710. The first-order valence-corrected chi connectivity index (χ1v) is 7.60. The van der Waals surface area contributed by atoms with E-state index in [1.165, 1.54) is 4.31 Å². The van der Waals surface area contributed by atoms with Gasteiger partial charge in [0.15, 0.2) is 0 Å². The number of rotatable bonds is 8. The highest BCUT2D eigenvalue weighted by Gasteiger charge is 2.27. The Kier molecular flexibility index (Phi) is 7.19. The molecule has 0 atom stereocenters. The smallest absolute Gasteiger partial charge is 0.214 e. The molecular formula is C11H25NO3S. The summed E-state index contributed by atoms with van der Waals surface area (Å²) < 4.78 is 25.7. The third kappa shape index (κ3) is 4.80. The Labute approximate surface area is 99.7 Å². The molecule has 0 fully saturated rings. The molecule has 0 heterocycles. The molecule has 98 valence electrons. The van der Waals surface area contributed by atoms with Gasteiger partial charge in [-0.2, -0.15) is 4.31 Å². The van der Waals surface area contributed by atoms with Crippen LogP contribution in [0.1, 0.15) is 40.5 Å². The van der Waals surface area contributed by atoms with Crippen LogP contribution < -0.4 is 0 Å². The van der Waals surface area contributed by atoms with Crippen LogP contribution in [-0.4, -0.2) is 42.8 Å². The minimum absolute atomic E-state index is 0.0101. The molecule has 0 aromatic carbocycles. The summed E-state index contributed by atoms with van der Waals surface area (Å²) in [6, 6.07) is 0.0101. The summed E-state index contributed by atoms with van der Waals surface area (Å²) in [4.78, 5) is 0.